The van der Waals surface area contributed by atoms with Crippen molar-refractivity contribution in [3.63, 3.8) is 0 Å². The molecule has 1 aliphatic heterocycles. The van der Waals surface area contributed by atoms with Crippen LogP contribution >= 0.6 is 23.2 Å². The topological polar surface area (TPSA) is 69.7 Å². The molecule has 0 aliphatic carbocycles. The van der Waals surface area contributed by atoms with Crippen molar-refractivity contribution in [2.75, 3.05) is 27.2 Å². The molecule has 2 unspecified atom stereocenters. The molecule has 1 aliphatic rings. The minimum Gasteiger partial charge on any atom is -0.349 e. The van der Waals surface area contributed by atoms with Gasteiger partial charge in [-0.1, -0.05) is 37.0 Å². The highest BCUT2D eigenvalue weighted by atomic mass is 35.5. The molecule has 29 heavy (non-hydrogen) atoms. The molecular weight excluding hydrogens is 413 g/mol. The summed E-state index contributed by atoms with van der Waals surface area (Å²) in [5, 5.41) is 3.51. The second kappa shape index (κ2) is 10.3. The standard InChI is InChI=1S/C21H29Cl2N3O3/c1-13(2)10-18(24-19(27)16-8-7-15(22)11-17(16)23)21(29)26-9-5-6-14(12-26)20(28)25(3)4/h7-8,11,13-14,18H,5-6,9-10,12H2,1-4H3,(H,24,27). The third-order valence-electron chi connectivity index (χ3n) is 5.01. The average molecular weight is 442 g/mol. The van der Waals surface area contributed by atoms with Gasteiger partial charge >= 0.3 is 0 Å². The van der Waals surface area contributed by atoms with Gasteiger partial charge in [-0.05, 0) is 43.4 Å². The summed E-state index contributed by atoms with van der Waals surface area (Å²) < 4.78 is 0. The number of benzene rings is 1. The number of amides is 3. The van der Waals surface area contributed by atoms with Crippen LogP contribution in [0.1, 0.15) is 43.5 Å². The summed E-state index contributed by atoms with van der Waals surface area (Å²) in [6, 6.07) is 3.95. The number of carbonyl (C=O) groups is 3. The van der Waals surface area contributed by atoms with Crippen molar-refractivity contribution in [1.82, 2.24) is 15.1 Å². The molecule has 8 heteroatoms. The quantitative estimate of drug-likeness (QED) is 0.734. The highest BCUT2D eigenvalue weighted by molar-refractivity contribution is 6.36. The van der Waals surface area contributed by atoms with E-state index in [2.05, 4.69) is 5.32 Å². The first-order chi connectivity index (χ1) is 13.6. The fraction of sp³-hybridized carbons (Fsp3) is 0.571. The van der Waals surface area contributed by atoms with Gasteiger partial charge in [-0.3, -0.25) is 14.4 Å². The molecule has 1 N–H and O–H groups in total. The highest BCUT2D eigenvalue weighted by Gasteiger charge is 2.33. The molecule has 0 saturated carbocycles. The lowest BCUT2D eigenvalue weighted by molar-refractivity contribution is -0.140. The van der Waals surface area contributed by atoms with Crippen LogP contribution in [0.4, 0.5) is 0 Å². The van der Waals surface area contributed by atoms with E-state index >= 15 is 0 Å². The maximum atomic E-state index is 13.2. The molecule has 1 fully saturated rings. The van der Waals surface area contributed by atoms with Gasteiger partial charge in [-0.2, -0.15) is 0 Å². The van der Waals surface area contributed by atoms with Crippen molar-refractivity contribution in [2.24, 2.45) is 11.8 Å². The lowest BCUT2D eigenvalue weighted by Gasteiger charge is -2.35. The van der Waals surface area contributed by atoms with E-state index < -0.39 is 11.9 Å². The third-order valence-corrected chi connectivity index (χ3v) is 5.56. The largest absolute Gasteiger partial charge is 0.349 e. The smallest absolute Gasteiger partial charge is 0.253 e. The van der Waals surface area contributed by atoms with Gasteiger partial charge in [-0.25, -0.2) is 0 Å². The summed E-state index contributed by atoms with van der Waals surface area (Å²) in [7, 11) is 3.45. The Hall–Kier alpha value is -1.79. The lowest BCUT2D eigenvalue weighted by atomic mass is 9.95. The van der Waals surface area contributed by atoms with Crippen LogP contribution in [0.15, 0.2) is 18.2 Å². The molecule has 1 aromatic carbocycles. The maximum absolute atomic E-state index is 13.2. The predicted octanol–water partition coefficient (Wildman–Crippen LogP) is 3.46. The molecule has 0 radical (unpaired) electrons. The van der Waals surface area contributed by atoms with Crippen molar-refractivity contribution in [3.8, 4) is 0 Å². The number of nitrogens with zero attached hydrogens (tertiary/aromatic N) is 2. The van der Waals surface area contributed by atoms with Gasteiger partial charge in [0, 0.05) is 32.2 Å². The fourth-order valence-electron chi connectivity index (χ4n) is 3.57. The zero-order valence-corrected chi connectivity index (χ0v) is 18.9. The van der Waals surface area contributed by atoms with Gasteiger partial charge in [0.2, 0.25) is 11.8 Å². The fourth-order valence-corrected chi connectivity index (χ4v) is 4.06. The lowest BCUT2D eigenvalue weighted by Crippen LogP contribution is -2.53. The Kier molecular flexibility index (Phi) is 8.34. The molecule has 0 spiro atoms. The van der Waals surface area contributed by atoms with E-state index in [0.29, 0.717) is 24.5 Å². The van der Waals surface area contributed by atoms with Gasteiger partial charge in [0.1, 0.15) is 6.04 Å². The van der Waals surface area contributed by atoms with Crippen LogP contribution in [0, 0.1) is 11.8 Å². The van der Waals surface area contributed by atoms with Crippen molar-refractivity contribution in [2.45, 2.75) is 39.2 Å². The Morgan fingerprint density at radius 3 is 2.52 bits per heavy atom. The van der Waals surface area contributed by atoms with Crippen molar-refractivity contribution < 1.29 is 14.4 Å². The molecule has 1 saturated heterocycles. The summed E-state index contributed by atoms with van der Waals surface area (Å²) in [5.74, 6) is -0.547. The Morgan fingerprint density at radius 2 is 1.93 bits per heavy atom. The first kappa shape index (κ1) is 23.5. The van der Waals surface area contributed by atoms with E-state index in [-0.39, 0.29) is 34.2 Å². The number of nitrogens with one attached hydrogen (secondary N) is 1. The van der Waals surface area contributed by atoms with Gasteiger partial charge in [-0.15, -0.1) is 0 Å². The number of carbonyl (C=O) groups excluding carboxylic acids is 3. The van der Waals surface area contributed by atoms with Crippen LogP contribution in [0.5, 0.6) is 0 Å². The summed E-state index contributed by atoms with van der Waals surface area (Å²) in [6.07, 6.45) is 2.03. The number of rotatable bonds is 6. The number of halogens is 2. The maximum Gasteiger partial charge on any atom is 0.253 e. The molecule has 3 amide bonds. The number of hydrogen-bond donors (Lipinski definition) is 1. The minimum absolute atomic E-state index is 0.0277. The number of piperidine rings is 1. The average Bonchev–Trinajstić information content (AvgIpc) is 2.65. The van der Waals surface area contributed by atoms with E-state index in [9.17, 15) is 14.4 Å². The molecular formula is C21H29Cl2N3O3. The molecule has 160 valence electrons. The zero-order valence-electron chi connectivity index (χ0n) is 17.4. The van der Waals surface area contributed by atoms with Crippen molar-refractivity contribution in [3.05, 3.63) is 33.8 Å². The zero-order chi connectivity index (χ0) is 21.7. The van der Waals surface area contributed by atoms with Crippen LogP contribution in [-0.4, -0.2) is 60.7 Å². The van der Waals surface area contributed by atoms with E-state index in [1.165, 1.54) is 6.07 Å². The van der Waals surface area contributed by atoms with Crippen LogP contribution in [0.2, 0.25) is 10.0 Å². The van der Waals surface area contributed by atoms with Gasteiger partial charge < -0.3 is 15.1 Å². The number of likely N-dealkylation sites (tertiary alicyclic amines) is 1. The summed E-state index contributed by atoms with van der Waals surface area (Å²) in [4.78, 5) is 41.6. The van der Waals surface area contributed by atoms with E-state index in [1.54, 1.807) is 36.0 Å². The molecule has 1 heterocycles. The van der Waals surface area contributed by atoms with Crippen molar-refractivity contribution in [1.29, 1.82) is 0 Å². The normalized spacial score (nSPS) is 17.8. The second-order valence-corrected chi connectivity index (χ2v) is 8.98. The molecule has 2 rings (SSSR count). The monoisotopic (exact) mass is 441 g/mol. The Morgan fingerprint density at radius 1 is 1.24 bits per heavy atom. The molecule has 0 bridgehead atoms. The van der Waals surface area contributed by atoms with Gasteiger partial charge in [0.25, 0.3) is 5.91 Å². The molecule has 2 atom stereocenters. The van der Waals surface area contributed by atoms with E-state index in [0.717, 1.165) is 12.8 Å². The second-order valence-electron chi connectivity index (χ2n) is 8.14. The van der Waals surface area contributed by atoms with Crippen LogP contribution in [0.25, 0.3) is 0 Å². The summed E-state index contributed by atoms with van der Waals surface area (Å²) in [5.41, 5.74) is 0.275. The summed E-state index contributed by atoms with van der Waals surface area (Å²) in [6.45, 7) is 4.96. The van der Waals surface area contributed by atoms with Gasteiger partial charge in [0.05, 0.1) is 16.5 Å². The van der Waals surface area contributed by atoms with Crippen LogP contribution in [0.3, 0.4) is 0 Å². The minimum atomic E-state index is -0.678. The highest BCUT2D eigenvalue weighted by Crippen LogP contribution is 2.23. The first-order valence-corrected chi connectivity index (χ1v) is 10.6. The SMILES string of the molecule is CC(C)CC(NC(=O)c1ccc(Cl)cc1Cl)C(=O)N1CCCC(C(=O)N(C)C)C1. The predicted molar refractivity (Wildman–Crippen MR) is 115 cm³/mol. The first-order valence-electron chi connectivity index (χ1n) is 9.86. The molecule has 6 nitrogen and oxygen atoms in total. The number of hydrogen-bond acceptors (Lipinski definition) is 3. The van der Waals surface area contributed by atoms with E-state index in [4.69, 9.17) is 23.2 Å². The Labute approximate surface area is 182 Å². The van der Waals surface area contributed by atoms with E-state index in [1.807, 2.05) is 13.8 Å². The summed E-state index contributed by atoms with van der Waals surface area (Å²) >= 11 is 12.0. The Balaban J connectivity index is 2.15. The van der Waals surface area contributed by atoms with Crippen LogP contribution < -0.4 is 5.32 Å². The molecule has 0 aromatic heterocycles. The van der Waals surface area contributed by atoms with Crippen molar-refractivity contribution >= 4 is 40.9 Å². The van der Waals surface area contributed by atoms with Crippen LogP contribution in [-0.2, 0) is 9.59 Å². The Bertz CT molecular complexity index is 768. The van der Waals surface area contributed by atoms with Gasteiger partial charge in [0.15, 0.2) is 0 Å². The molecule has 1 aromatic rings. The third kappa shape index (κ3) is 6.34.